The van der Waals surface area contributed by atoms with E-state index >= 15 is 0 Å². The van der Waals surface area contributed by atoms with Gasteiger partial charge in [-0.1, -0.05) is 48.5 Å². The quantitative estimate of drug-likeness (QED) is 0.779. The van der Waals surface area contributed by atoms with Crippen molar-refractivity contribution in [1.29, 1.82) is 0 Å². The zero-order chi connectivity index (χ0) is 20.6. The van der Waals surface area contributed by atoms with Gasteiger partial charge in [0.1, 0.15) is 0 Å². The van der Waals surface area contributed by atoms with Crippen LogP contribution in [0.4, 0.5) is 5.69 Å². The molecule has 5 heteroatoms. The molecule has 0 aliphatic carbocycles. The van der Waals surface area contributed by atoms with E-state index in [1.807, 2.05) is 79.4 Å². The predicted molar refractivity (Wildman–Crippen MR) is 116 cm³/mol. The molecule has 0 saturated carbocycles. The first-order valence-corrected chi connectivity index (χ1v) is 10.4. The van der Waals surface area contributed by atoms with Gasteiger partial charge in [0.05, 0.1) is 12.5 Å². The maximum absolute atomic E-state index is 13.0. The number of benzene rings is 2. The number of anilines is 1. The van der Waals surface area contributed by atoms with Crippen molar-refractivity contribution >= 4 is 17.5 Å². The summed E-state index contributed by atoms with van der Waals surface area (Å²) < 4.78 is 0. The Morgan fingerprint density at radius 1 is 1.07 bits per heavy atom. The molecule has 3 rings (SSSR count). The molecule has 0 radical (unpaired) electrons. The number of nitrogens with zero attached hydrogens (tertiary/aromatic N) is 2. The number of amides is 2. The fraction of sp³-hybridized carbons (Fsp3) is 0.417. The Morgan fingerprint density at radius 3 is 2.38 bits per heavy atom. The third-order valence-electron chi connectivity index (χ3n) is 5.42. The van der Waals surface area contributed by atoms with Gasteiger partial charge in [0.2, 0.25) is 11.8 Å². The number of para-hydroxylation sites is 1. The van der Waals surface area contributed by atoms with E-state index < -0.39 is 0 Å². The number of nitrogens with one attached hydrogen (secondary N) is 1. The largest absolute Gasteiger partial charge is 0.335 e. The van der Waals surface area contributed by atoms with Crippen molar-refractivity contribution in [2.24, 2.45) is 5.92 Å². The van der Waals surface area contributed by atoms with Crippen LogP contribution in [0.5, 0.6) is 0 Å². The molecule has 1 heterocycles. The minimum absolute atomic E-state index is 0.0401. The summed E-state index contributed by atoms with van der Waals surface area (Å²) in [5.41, 5.74) is 1.95. The number of piperidine rings is 1. The molecule has 0 unspecified atom stereocenters. The molecule has 29 heavy (non-hydrogen) atoms. The summed E-state index contributed by atoms with van der Waals surface area (Å²) in [5, 5.41) is 3.00. The summed E-state index contributed by atoms with van der Waals surface area (Å²) in [7, 11) is 0. The Labute approximate surface area is 173 Å². The number of carbonyl (C=O) groups excluding carboxylic acids is 2. The molecule has 0 spiro atoms. The predicted octanol–water partition coefficient (Wildman–Crippen LogP) is 3.77. The Morgan fingerprint density at radius 2 is 1.72 bits per heavy atom. The monoisotopic (exact) mass is 393 g/mol. The SMILES string of the molecule is CC(C)N(Cc1ccccc1)C(=O)CN1CCC[C@H](C(=O)Nc2ccccc2)C1. The highest BCUT2D eigenvalue weighted by atomic mass is 16.2. The van der Waals surface area contributed by atoms with Gasteiger partial charge in [-0.3, -0.25) is 14.5 Å². The Balaban J connectivity index is 1.56. The minimum Gasteiger partial charge on any atom is -0.335 e. The first-order valence-electron chi connectivity index (χ1n) is 10.4. The van der Waals surface area contributed by atoms with E-state index in [0.29, 0.717) is 19.6 Å². The summed E-state index contributed by atoms with van der Waals surface area (Å²) >= 11 is 0. The smallest absolute Gasteiger partial charge is 0.237 e. The van der Waals surface area contributed by atoms with Gasteiger partial charge < -0.3 is 10.2 Å². The van der Waals surface area contributed by atoms with E-state index in [9.17, 15) is 9.59 Å². The Kier molecular flexibility index (Phi) is 7.42. The molecular weight excluding hydrogens is 362 g/mol. The van der Waals surface area contributed by atoms with Crippen LogP contribution in [0, 0.1) is 5.92 Å². The van der Waals surface area contributed by atoms with Crippen LogP contribution in [0.1, 0.15) is 32.3 Å². The average molecular weight is 394 g/mol. The van der Waals surface area contributed by atoms with Crippen LogP contribution in [0.2, 0.25) is 0 Å². The van der Waals surface area contributed by atoms with Gasteiger partial charge in [-0.05, 0) is 50.9 Å². The van der Waals surface area contributed by atoms with Crippen LogP contribution in [-0.2, 0) is 16.1 Å². The number of hydrogen-bond acceptors (Lipinski definition) is 3. The maximum atomic E-state index is 13.0. The number of rotatable bonds is 7. The lowest BCUT2D eigenvalue weighted by Gasteiger charge is -2.34. The standard InChI is InChI=1S/C24H31N3O2/c1-19(2)27(16-20-10-5-3-6-11-20)23(28)18-26-15-9-12-21(17-26)24(29)25-22-13-7-4-8-14-22/h3-8,10-11,13-14,19,21H,9,12,15-18H2,1-2H3,(H,25,29)/t21-/m0/s1. The molecule has 0 aromatic heterocycles. The molecule has 0 bridgehead atoms. The number of hydrogen-bond donors (Lipinski definition) is 1. The van der Waals surface area contributed by atoms with E-state index in [0.717, 1.165) is 30.6 Å². The van der Waals surface area contributed by atoms with E-state index in [4.69, 9.17) is 0 Å². The van der Waals surface area contributed by atoms with E-state index in [1.54, 1.807) is 0 Å². The highest BCUT2D eigenvalue weighted by molar-refractivity contribution is 5.92. The van der Waals surface area contributed by atoms with Crippen molar-refractivity contribution in [3.05, 3.63) is 66.2 Å². The maximum Gasteiger partial charge on any atom is 0.237 e. The van der Waals surface area contributed by atoms with Gasteiger partial charge in [-0.15, -0.1) is 0 Å². The van der Waals surface area contributed by atoms with Crippen LogP contribution in [0.15, 0.2) is 60.7 Å². The van der Waals surface area contributed by atoms with E-state index in [-0.39, 0.29) is 23.8 Å². The molecule has 2 aromatic carbocycles. The summed E-state index contributed by atoms with van der Waals surface area (Å²) in [6.07, 6.45) is 1.79. The molecule has 1 aliphatic rings. The van der Waals surface area contributed by atoms with E-state index in [2.05, 4.69) is 10.2 Å². The molecule has 1 N–H and O–H groups in total. The zero-order valence-corrected chi connectivity index (χ0v) is 17.4. The first-order chi connectivity index (χ1) is 14.0. The normalized spacial score (nSPS) is 17.1. The lowest BCUT2D eigenvalue weighted by atomic mass is 9.97. The Bertz CT molecular complexity index is 792. The van der Waals surface area contributed by atoms with Crippen molar-refractivity contribution in [3.63, 3.8) is 0 Å². The van der Waals surface area contributed by atoms with Crippen molar-refractivity contribution in [1.82, 2.24) is 9.80 Å². The van der Waals surface area contributed by atoms with Gasteiger partial charge >= 0.3 is 0 Å². The van der Waals surface area contributed by atoms with Gasteiger partial charge in [0.25, 0.3) is 0 Å². The second-order valence-electron chi connectivity index (χ2n) is 8.03. The number of likely N-dealkylation sites (tertiary alicyclic amines) is 1. The third-order valence-corrected chi connectivity index (χ3v) is 5.42. The molecule has 1 aliphatic heterocycles. The van der Waals surface area contributed by atoms with Crippen molar-refractivity contribution in [2.75, 3.05) is 25.0 Å². The van der Waals surface area contributed by atoms with E-state index in [1.165, 1.54) is 0 Å². The summed E-state index contributed by atoms with van der Waals surface area (Å²) in [4.78, 5) is 29.7. The summed E-state index contributed by atoms with van der Waals surface area (Å²) in [5.74, 6) is 0.0738. The first kappa shape index (κ1) is 21.1. The summed E-state index contributed by atoms with van der Waals surface area (Å²) in [6.45, 7) is 6.56. The molecule has 1 fully saturated rings. The van der Waals surface area contributed by atoms with Crippen molar-refractivity contribution in [2.45, 2.75) is 39.3 Å². The van der Waals surface area contributed by atoms with Gasteiger partial charge in [-0.25, -0.2) is 0 Å². The fourth-order valence-electron chi connectivity index (χ4n) is 3.80. The van der Waals surface area contributed by atoms with Crippen LogP contribution < -0.4 is 5.32 Å². The van der Waals surface area contributed by atoms with Crippen LogP contribution in [0.3, 0.4) is 0 Å². The third kappa shape index (κ3) is 6.16. The molecule has 2 aromatic rings. The lowest BCUT2D eigenvalue weighted by molar-refractivity contribution is -0.136. The topological polar surface area (TPSA) is 52.7 Å². The average Bonchev–Trinajstić information content (AvgIpc) is 2.73. The minimum atomic E-state index is -0.0848. The Hall–Kier alpha value is -2.66. The second-order valence-corrected chi connectivity index (χ2v) is 8.03. The second kappa shape index (κ2) is 10.2. The fourth-order valence-corrected chi connectivity index (χ4v) is 3.80. The van der Waals surface area contributed by atoms with Crippen LogP contribution >= 0.6 is 0 Å². The highest BCUT2D eigenvalue weighted by Gasteiger charge is 2.28. The molecular formula is C24H31N3O2. The molecule has 5 nitrogen and oxygen atoms in total. The lowest BCUT2D eigenvalue weighted by Crippen LogP contribution is -2.47. The van der Waals surface area contributed by atoms with Gasteiger partial charge in [0, 0.05) is 24.8 Å². The van der Waals surface area contributed by atoms with Crippen molar-refractivity contribution < 1.29 is 9.59 Å². The molecule has 2 amide bonds. The number of carbonyl (C=O) groups is 2. The van der Waals surface area contributed by atoms with Crippen LogP contribution in [-0.4, -0.2) is 47.3 Å². The van der Waals surface area contributed by atoms with Crippen LogP contribution in [0.25, 0.3) is 0 Å². The summed E-state index contributed by atoms with van der Waals surface area (Å²) in [6, 6.07) is 19.8. The van der Waals surface area contributed by atoms with Gasteiger partial charge in [0.15, 0.2) is 0 Å². The zero-order valence-electron chi connectivity index (χ0n) is 17.4. The molecule has 1 saturated heterocycles. The molecule has 154 valence electrons. The molecule has 1 atom stereocenters. The van der Waals surface area contributed by atoms with Gasteiger partial charge in [-0.2, -0.15) is 0 Å². The van der Waals surface area contributed by atoms with Crippen molar-refractivity contribution in [3.8, 4) is 0 Å². The highest BCUT2D eigenvalue weighted by Crippen LogP contribution is 2.19.